The molecule has 3 rings (SSSR count). The van der Waals surface area contributed by atoms with Gasteiger partial charge >= 0.3 is 0 Å². The first kappa shape index (κ1) is 21.2. The summed E-state index contributed by atoms with van der Waals surface area (Å²) >= 11 is 0. The number of nitrogen functional groups attached to an aromatic ring is 1. The topological polar surface area (TPSA) is 61.6 Å². The Morgan fingerprint density at radius 2 is 1.69 bits per heavy atom. The van der Waals surface area contributed by atoms with Crippen LogP contribution in [0.25, 0.3) is 0 Å². The zero-order valence-corrected chi connectivity index (χ0v) is 18.4. The maximum Gasteiger partial charge on any atom is 0.255 e. The third kappa shape index (κ3) is 4.91. The van der Waals surface area contributed by atoms with Gasteiger partial charge in [0.25, 0.3) is 5.91 Å². The molecular weight excluding hydrogens is 360 g/mol. The highest BCUT2D eigenvalue weighted by atomic mass is 16.1. The van der Waals surface area contributed by atoms with E-state index in [4.69, 9.17) is 5.73 Å². The number of carbonyl (C=O) groups is 1. The van der Waals surface area contributed by atoms with Crippen LogP contribution in [0.1, 0.15) is 49.2 Å². The predicted molar refractivity (Wildman–Crippen MR) is 123 cm³/mol. The molecule has 1 amide bonds. The van der Waals surface area contributed by atoms with Crippen molar-refractivity contribution in [2.45, 2.75) is 40.0 Å². The standard InChI is InChI=1S/C24H34N4O/c1-6-27-11-13-28(14-12-27)22-16-21(20(25)15-17(22)2)26-23(29)18-7-9-19(10-8-18)24(3,4)5/h7-10,15-16H,6,11-14,25H2,1-5H3,(H,26,29). The molecule has 0 aliphatic carbocycles. The van der Waals surface area contributed by atoms with Crippen LogP contribution in [-0.4, -0.2) is 43.5 Å². The molecule has 1 heterocycles. The summed E-state index contributed by atoms with van der Waals surface area (Å²) in [5.74, 6) is -0.136. The Kier molecular flexibility index (Phi) is 6.18. The Balaban J connectivity index is 1.77. The summed E-state index contributed by atoms with van der Waals surface area (Å²) in [7, 11) is 0. The number of nitrogens with zero attached hydrogens (tertiary/aromatic N) is 2. The van der Waals surface area contributed by atoms with Gasteiger partial charge in [0.1, 0.15) is 0 Å². The highest BCUT2D eigenvalue weighted by Gasteiger charge is 2.19. The van der Waals surface area contributed by atoms with Gasteiger partial charge in [-0.3, -0.25) is 4.79 Å². The van der Waals surface area contributed by atoms with E-state index in [1.54, 1.807) is 0 Å². The molecule has 1 fully saturated rings. The number of nitrogens with one attached hydrogen (secondary N) is 1. The largest absolute Gasteiger partial charge is 0.397 e. The van der Waals surface area contributed by atoms with Gasteiger partial charge in [-0.2, -0.15) is 0 Å². The van der Waals surface area contributed by atoms with Crippen molar-refractivity contribution in [3.63, 3.8) is 0 Å². The van der Waals surface area contributed by atoms with Crippen LogP contribution in [0.4, 0.5) is 17.1 Å². The van der Waals surface area contributed by atoms with E-state index >= 15 is 0 Å². The third-order valence-electron chi connectivity index (χ3n) is 5.79. The van der Waals surface area contributed by atoms with Crippen LogP contribution in [0.2, 0.25) is 0 Å². The van der Waals surface area contributed by atoms with E-state index in [9.17, 15) is 4.79 Å². The maximum atomic E-state index is 12.8. The average Bonchev–Trinajstić information content (AvgIpc) is 2.69. The second kappa shape index (κ2) is 8.46. The van der Waals surface area contributed by atoms with E-state index in [1.807, 2.05) is 36.4 Å². The van der Waals surface area contributed by atoms with Crippen molar-refractivity contribution < 1.29 is 4.79 Å². The molecule has 0 atom stereocenters. The summed E-state index contributed by atoms with van der Waals surface area (Å²) in [4.78, 5) is 17.6. The smallest absolute Gasteiger partial charge is 0.255 e. The van der Waals surface area contributed by atoms with Crippen molar-refractivity contribution in [3.8, 4) is 0 Å². The van der Waals surface area contributed by atoms with E-state index in [-0.39, 0.29) is 11.3 Å². The highest BCUT2D eigenvalue weighted by Crippen LogP contribution is 2.31. The van der Waals surface area contributed by atoms with Gasteiger partial charge in [-0.05, 0) is 54.3 Å². The highest BCUT2D eigenvalue weighted by molar-refractivity contribution is 6.06. The van der Waals surface area contributed by atoms with Crippen LogP contribution in [0.15, 0.2) is 36.4 Å². The Bertz CT molecular complexity index is 860. The van der Waals surface area contributed by atoms with Crippen molar-refractivity contribution in [3.05, 3.63) is 53.1 Å². The zero-order chi connectivity index (χ0) is 21.2. The molecule has 0 saturated carbocycles. The fourth-order valence-electron chi connectivity index (χ4n) is 3.79. The number of anilines is 3. The Morgan fingerprint density at radius 1 is 1.07 bits per heavy atom. The molecule has 1 saturated heterocycles. The first-order chi connectivity index (χ1) is 13.7. The van der Waals surface area contributed by atoms with Crippen molar-refractivity contribution in [2.75, 3.05) is 48.7 Å². The number of amides is 1. The van der Waals surface area contributed by atoms with Gasteiger partial charge < -0.3 is 20.9 Å². The van der Waals surface area contributed by atoms with E-state index < -0.39 is 0 Å². The summed E-state index contributed by atoms with van der Waals surface area (Å²) in [6, 6.07) is 11.8. The second-order valence-corrected chi connectivity index (χ2v) is 8.93. The molecule has 0 unspecified atom stereocenters. The monoisotopic (exact) mass is 394 g/mol. The van der Waals surface area contributed by atoms with E-state index in [0.717, 1.165) is 44.0 Å². The molecule has 0 spiro atoms. The van der Waals surface area contributed by atoms with Gasteiger partial charge in [0, 0.05) is 37.4 Å². The van der Waals surface area contributed by atoms with E-state index in [0.29, 0.717) is 16.9 Å². The van der Waals surface area contributed by atoms with Crippen molar-refractivity contribution in [1.82, 2.24) is 4.90 Å². The predicted octanol–water partition coefficient (Wildman–Crippen LogP) is 4.27. The SMILES string of the molecule is CCN1CCN(c2cc(NC(=O)c3ccc(C(C)(C)C)cc3)c(N)cc2C)CC1. The number of rotatable bonds is 4. The minimum atomic E-state index is -0.136. The Labute approximate surface area is 174 Å². The zero-order valence-electron chi connectivity index (χ0n) is 18.4. The molecule has 0 radical (unpaired) electrons. The van der Waals surface area contributed by atoms with Crippen LogP contribution < -0.4 is 16.0 Å². The van der Waals surface area contributed by atoms with Gasteiger partial charge in [-0.15, -0.1) is 0 Å². The van der Waals surface area contributed by atoms with Crippen molar-refractivity contribution in [2.24, 2.45) is 0 Å². The summed E-state index contributed by atoms with van der Waals surface area (Å²) in [5, 5.41) is 3.01. The number of nitrogens with two attached hydrogens (primary N) is 1. The summed E-state index contributed by atoms with van der Waals surface area (Å²) in [6.07, 6.45) is 0. The minimum absolute atomic E-state index is 0.0626. The number of piperazine rings is 1. The second-order valence-electron chi connectivity index (χ2n) is 8.93. The lowest BCUT2D eigenvalue weighted by Gasteiger charge is -2.36. The lowest BCUT2D eigenvalue weighted by Crippen LogP contribution is -2.46. The van der Waals surface area contributed by atoms with Gasteiger partial charge in [0.2, 0.25) is 0 Å². The van der Waals surface area contributed by atoms with Crippen LogP contribution in [0, 0.1) is 6.92 Å². The molecule has 0 aromatic heterocycles. The lowest BCUT2D eigenvalue weighted by atomic mass is 9.87. The number of hydrogen-bond donors (Lipinski definition) is 2. The summed E-state index contributed by atoms with van der Waals surface area (Å²) in [5.41, 5.74) is 11.7. The minimum Gasteiger partial charge on any atom is -0.397 e. The molecule has 1 aliphatic heterocycles. The van der Waals surface area contributed by atoms with Crippen molar-refractivity contribution in [1.29, 1.82) is 0 Å². The van der Waals surface area contributed by atoms with Gasteiger partial charge in [-0.1, -0.05) is 39.8 Å². The van der Waals surface area contributed by atoms with Gasteiger partial charge in [0.15, 0.2) is 0 Å². The Morgan fingerprint density at radius 3 is 2.24 bits per heavy atom. The summed E-state index contributed by atoms with van der Waals surface area (Å²) < 4.78 is 0. The van der Waals surface area contributed by atoms with Crippen LogP contribution in [0.3, 0.4) is 0 Å². The van der Waals surface area contributed by atoms with E-state index in [1.165, 1.54) is 5.56 Å². The maximum absolute atomic E-state index is 12.8. The number of aryl methyl sites for hydroxylation is 1. The molecule has 2 aromatic rings. The molecule has 0 bridgehead atoms. The first-order valence-electron chi connectivity index (χ1n) is 10.5. The van der Waals surface area contributed by atoms with Gasteiger partial charge in [-0.25, -0.2) is 0 Å². The van der Waals surface area contributed by atoms with Crippen LogP contribution in [-0.2, 0) is 5.41 Å². The van der Waals surface area contributed by atoms with Gasteiger partial charge in [0.05, 0.1) is 11.4 Å². The molecule has 2 aromatic carbocycles. The van der Waals surface area contributed by atoms with Crippen LogP contribution in [0.5, 0.6) is 0 Å². The average molecular weight is 395 g/mol. The number of benzene rings is 2. The molecule has 1 aliphatic rings. The molecule has 156 valence electrons. The fourth-order valence-corrected chi connectivity index (χ4v) is 3.79. The number of likely N-dealkylation sites (N-methyl/N-ethyl adjacent to an activating group) is 1. The molecule has 5 heteroatoms. The van der Waals surface area contributed by atoms with Crippen molar-refractivity contribution >= 4 is 23.0 Å². The normalized spacial score (nSPS) is 15.4. The number of hydrogen-bond acceptors (Lipinski definition) is 4. The fraction of sp³-hybridized carbons (Fsp3) is 0.458. The summed E-state index contributed by atoms with van der Waals surface area (Å²) in [6.45, 7) is 15.9. The Hall–Kier alpha value is -2.53. The molecule has 29 heavy (non-hydrogen) atoms. The van der Waals surface area contributed by atoms with E-state index in [2.05, 4.69) is 49.7 Å². The lowest BCUT2D eigenvalue weighted by molar-refractivity contribution is 0.102. The first-order valence-corrected chi connectivity index (χ1v) is 10.5. The molecule has 5 nitrogen and oxygen atoms in total. The molecule has 3 N–H and O–H groups in total. The quantitative estimate of drug-likeness (QED) is 0.760. The third-order valence-corrected chi connectivity index (χ3v) is 5.79. The van der Waals surface area contributed by atoms with Crippen LogP contribution >= 0.6 is 0 Å². The number of carbonyl (C=O) groups excluding carboxylic acids is 1. The molecular formula is C24H34N4O.